The van der Waals surface area contributed by atoms with Gasteiger partial charge < -0.3 is 19.9 Å². The quantitative estimate of drug-likeness (QED) is 0.754. The van der Waals surface area contributed by atoms with Crippen LogP contribution < -0.4 is 5.32 Å². The van der Waals surface area contributed by atoms with Crippen molar-refractivity contribution in [3.8, 4) is 5.75 Å². The Morgan fingerprint density at radius 2 is 2.10 bits per heavy atom. The number of carbonyl (C=O) groups is 1. The highest BCUT2D eigenvalue weighted by Crippen LogP contribution is 2.25. The minimum Gasteiger partial charge on any atom is -0.506 e. The minimum atomic E-state index is -0.471. The van der Waals surface area contributed by atoms with Crippen LogP contribution in [0.1, 0.15) is 42.7 Å². The van der Waals surface area contributed by atoms with E-state index in [2.05, 4.69) is 10.3 Å². The molecule has 6 nitrogen and oxygen atoms in total. The lowest BCUT2D eigenvalue weighted by Crippen LogP contribution is -2.15. The van der Waals surface area contributed by atoms with Gasteiger partial charge in [0.05, 0.1) is 12.3 Å². The van der Waals surface area contributed by atoms with Gasteiger partial charge in [-0.3, -0.25) is 4.79 Å². The highest BCUT2D eigenvalue weighted by Gasteiger charge is 2.22. The Hall–Kier alpha value is -2.34. The van der Waals surface area contributed by atoms with E-state index in [4.69, 9.17) is 9.52 Å². The van der Waals surface area contributed by atoms with Gasteiger partial charge in [-0.15, -0.1) is 0 Å². The molecule has 0 aliphatic heterocycles. The van der Waals surface area contributed by atoms with Gasteiger partial charge in [0.2, 0.25) is 0 Å². The van der Waals surface area contributed by atoms with Gasteiger partial charge in [0.1, 0.15) is 12.0 Å². The van der Waals surface area contributed by atoms with Gasteiger partial charge in [0, 0.05) is 5.41 Å². The molecule has 0 aliphatic carbocycles. The average Bonchev–Trinajstić information content (AvgIpc) is 2.90. The van der Waals surface area contributed by atoms with Crippen LogP contribution in [0.15, 0.2) is 28.9 Å². The number of phenols is 1. The average molecular weight is 290 g/mol. The van der Waals surface area contributed by atoms with Crippen LogP contribution in [-0.2, 0) is 12.0 Å². The number of hydrogen-bond acceptors (Lipinski definition) is 5. The van der Waals surface area contributed by atoms with Crippen LogP contribution in [0, 0.1) is 0 Å². The third-order valence-corrected chi connectivity index (χ3v) is 2.87. The molecule has 0 atom stereocenters. The van der Waals surface area contributed by atoms with Crippen molar-refractivity contribution >= 4 is 11.6 Å². The van der Waals surface area contributed by atoms with E-state index in [-0.39, 0.29) is 29.2 Å². The number of phenolic OH excluding ortho intramolecular Hbond substituents is 1. The lowest BCUT2D eigenvalue weighted by molar-refractivity contribution is 0.102. The van der Waals surface area contributed by atoms with Crippen molar-refractivity contribution in [2.45, 2.75) is 32.8 Å². The molecule has 0 radical (unpaired) electrons. The zero-order valence-corrected chi connectivity index (χ0v) is 12.2. The van der Waals surface area contributed by atoms with Gasteiger partial charge in [-0.1, -0.05) is 26.8 Å². The summed E-state index contributed by atoms with van der Waals surface area (Å²) in [6.45, 7) is 5.61. The van der Waals surface area contributed by atoms with Gasteiger partial charge in [-0.05, 0) is 17.7 Å². The van der Waals surface area contributed by atoms with E-state index in [1.807, 2.05) is 20.8 Å². The van der Waals surface area contributed by atoms with Crippen molar-refractivity contribution < 1.29 is 19.4 Å². The maximum absolute atomic E-state index is 12.1. The first-order chi connectivity index (χ1) is 9.81. The van der Waals surface area contributed by atoms with E-state index in [0.717, 1.165) is 0 Å². The number of anilines is 1. The number of aromatic hydroxyl groups is 1. The summed E-state index contributed by atoms with van der Waals surface area (Å²) in [4.78, 5) is 16.2. The topological polar surface area (TPSA) is 95.6 Å². The maximum atomic E-state index is 12.1. The molecular weight excluding hydrogens is 272 g/mol. The first kappa shape index (κ1) is 15.1. The van der Waals surface area contributed by atoms with Crippen LogP contribution in [0.4, 0.5) is 5.69 Å². The molecule has 0 saturated carbocycles. The fraction of sp³-hybridized carbons (Fsp3) is 0.333. The predicted octanol–water partition coefficient (Wildman–Crippen LogP) is 2.42. The summed E-state index contributed by atoms with van der Waals surface area (Å²) in [6.07, 6.45) is 1.29. The smallest absolute Gasteiger partial charge is 0.277 e. The summed E-state index contributed by atoms with van der Waals surface area (Å²) in [5.74, 6) is -0.122. The second kappa shape index (κ2) is 5.57. The Morgan fingerprint density at radius 1 is 1.38 bits per heavy atom. The fourth-order valence-electron chi connectivity index (χ4n) is 1.69. The molecule has 112 valence electrons. The highest BCUT2D eigenvalue weighted by atomic mass is 16.3. The summed E-state index contributed by atoms with van der Waals surface area (Å²) >= 11 is 0. The fourth-order valence-corrected chi connectivity index (χ4v) is 1.69. The van der Waals surface area contributed by atoms with Gasteiger partial charge in [0.25, 0.3) is 5.91 Å². The van der Waals surface area contributed by atoms with E-state index < -0.39 is 5.91 Å². The van der Waals surface area contributed by atoms with Crippen molar-refractivity contribution in [1.29, 1.82) is 0 Å². The van der Waals surface area contributed by atoms with Crippen molar-refractivity contribution in [3.05, 3.63) is 41.6 Å². The number of amides is 1. The van der Waals surface area contributed by atoms with Gasteiger partial charge in [-0.2, -0.15) is 0 Å². The molecule has 0 spiro atoms. The molecule has 0 unspecified atom stereocenters. The second-order valence-corrected chi connectivity index (χ2v) is 5.75. The SMILES string of the molecule is CC(C)(C)c1nc(C(=O)Nc2ccc(CO)cc2O)co1. The highest BCUT2D eigenvalue weighted by molar-refractivity contribution is 6.03. The number of aliphatic hydroxyl groups is 1. The predicted molar refractivity (Wildman–Crippen MR) is 77.2 cm³/mol. The third kappa shape index (κ3) is 3.41. The Balaban J connectivity index is 2.16. The molecular formula is C15H18N2O4. The molecule has 0 fully saturated rings. The summed E-state index contributed by atoms with van der Waals surface area (Å²) in [7, 11) is 0. The number of oxazole rings is 1. The molecule has 1 heterocycles. The van der Waals surface area contributed by atoms with Gasteiger partial charge in [0.15, 0.2) is 11.6 Å². The third-order valence-electron chi connectivity index (χ3n) is 2.87. The zero-order valence-electron chi connectivity index (χ0n) is 12.2. The largest absolute Gasteiger partial charge is 0.506 e. The van der Waals surface area contributed by atoms with Crippen LogP contribution in [0.5, 0.6) is 5.75 Å². The Kier molecular flexibility index (Phi) is 3.99. The number of nitrogens with zero attached hydrogens (tertiary/aromatic N) is 1. The van der Waals surface area contributed by atoms with Crippen LogP contribution in [0.3, 0.4) is 0 Å². The standard InChI is InChI=1S/C15H18N2O4/c1-15(2,3)14-17-11(8-21-14)13(20)16-10-5-4-9(7-18)6-12(10)19/h4-6,8,18-19H,7H2,1-3H3,(H,16,20). The number of aliphatic hydroxyl groups excluding tert-OH is 1. The molecule has 3 N–H and O–H groups in total. The zero-order chi connectivity index (χ0) is 15.6. The van der Waals surface area contributed by atoms with E-state index in [1.54, 1.807) is 6.07 Å². The van der Waals surface area contributed by atoms with Crippen molar-refractivity contribution in [2.75, 3.05) is 5.32 Å². The molecule has 1 amide bonds. The second-order valence-electron chi connectivity index (χ2n) is 5.75. The van der Waals surface area contributed by atoms with Gasteiger partial charge >= 0.3 is 0 Å². The first-order valence-electron chi connectivity index (χ1n) is 6.51. The normalized spacial score (nSPS) is 11.4. The summed E-state index contributed by atoms with van der Waals surface area (Å²) in [6, 6.07) is 4.52. The molecule has 1 aromatic heterocycles. The summed E-state index contributed by atoms with van der Waals surface area (Å²) in [5.41, 5.74) is 0.661. The first-order valence-corrected chi connectivity index (χ1v) is 6.51. The maximum Gasteiger partial charge on any atom is 0.277 e. The van der Waals surface area contributed by atoms with Crippen molar-refractivity contribution in [3.63, 3.8) is 0 Å². The monoisotopic (exact) mass is 290 g/mol. The Morgan fingerprint density at radius 3 is 2.62 bits per heavy atom. The molecule has 6 heteroatoms. The molecule has 21 heavy (non-hydrogen) atoms. The van der Waals surface area contributed by atoms with E-state index in [9.17, 15) is 9.90 Å². The lowest BCUT2D eigenvalue weighted by atomic mass is 9.97. The molecule has 1 aromatic carbocycles. The number of rotatable bonds is 3. The van der Waals surface area contributed by atoms with Crippen molar-refractivity contribution in [2.24, 2.45) is 0 Å². The lowest BCUT2D eigenvalue weighted by Gasteiger charge is -2.11. The molecule has 0 aliphatic rings. The van der Waals surface area contributed by atoms with Crippen LogP contribution in [-0.4, -0.2) is 21.1 Å². The minimum absolute atomic E-state index is 0.116. The van der Waals surface area contributed by atoms with E-state index >= 15 is 0 Å². The number of nitrogens with one attached hydrogen (secondary N) is 1. The van der Waals surface area contributed by atoms with Crippen LogP contribution in [0.25, 0.3) is 0 Å². The number of carbonyl (C=O) groups excluding carboxylic acids is 1. The van der Waals surface area contributed by atoms with Gasteiger partial charge in [-0.25, -0.2) is 4.98 Å². The van der Waals surface area contributed by atoms with Crippen LogP contribution in [0.2, 0.25) is 0 Å². The van der Waals surface area contributed by atoms with E-state index in [1.165, 1.54) is 18.4 Å². The number of aromatic nitrogens is 1. The van der Waals surface area contributed by atoms with E-state index in [0.29, 0.717) is 11.5 Å². The summed E-state index contributed by atoms with van der Waals surface area (Å²) in [5, 5.41) is 21.3. The number of hydrogen-bond donors (Lipinski definition) is 3. The molecule has 2 aromatic rings. The van der Waals surface area contributed by atoms with Crippen molar-refractivity contribution in [1.82, 2.24) is 4.98 Å². The molecule has 0 saturated heterocycles. The Labute approximate surface area is 122 Å². The van der Waals surface area contributed by atoms with Crippen LogP contribution >= 0.6 is 0 Å². The molecule has 2 rings (SSSR count). The Bertz CT molecular complexity index is 656. The molecule has 0 bridgehead atoms. The summed E-state index contributed by atoms with van der Waals surface area (Å²) < 4.78 is 5.29. The number of benzene rings is 1.